The number of carbonyl (C=O) groups is 1. The monoisotopic (exact) mass is 355 g/mol. The highest BCUT2D eigenvalue weighted by Crippen LogP contribution is 2.19. The molecule has 0 spiro atoms. The number of nitrogens with zero attached hydrogens (tertiary/aromatic N) is 2. The van der Waals surface area contributed by atoms with Crippen molar-refractivity contribution in [3.05, 3.63) is 68.5 Å². The number of benzene rings is 2. The van der Waals surface area contributed by atoms with Crippen molar-refractivity contribution >= 4 is 34.1 Å². The van der Waals surface area contributed by atoms with E-state index in [0.29, 0.717) is 28.2 Å². The lowest BCUT2D eigenvalue weighted by atomic mass is 10.1. The van der Waals surface area contributed by atoms with E-state index >= 15 is 0 Å². The van der Waals surface area contributed by atoms with Crippen molar-refractivity contribution in [3.63, 3.8) is 0 Å². The van der Waals surface area contributed by atoms with Crippen LogP contribution in [0.25, 0.3) is 10.9 Å². The summed E-state index contributed by atoms with van der Waals surface area (Å²) in [5.74, 6) is -0.525. The zero-order chi connectivity index (χ0) is 18.1. The Labute approximate surface area is 150 Å². The van der Waals surface area contributed by atoms with E-state index < -0.39 is 11.3 Å². The number of anilines is 1. The molecule has 6 heteroatoms. The maximum atomic E-state index is 12.7. The zero-order valence-electron chi connectivity index (χ0n) is 14.3. The van der Waals surface area contributed by atoms with Gasteiger partial charge in [0, 0.05) is 17.3 Å². The first-order valence-electron chi connectivity index (χ1n) is 8.00. The fourth-order valence-electron chi connectivity index (χ4n) is 2.72. The zero-order valence-corrected chi connectivity index (χ0v) is 15.0. The summed E-state index contributed by atoms with van der Waals surface area (Å²) in [5, 5.41) is 7.87. The van der Waals surface area contributed by atoms with Crippen LogP contribution in [-0.4, -0.2) is 15.7 Å². The summed E-state index contributed by atoms with van der Waals surface area (Å²) in [7, 11) is 0. The van der Waals surface area contributed by atoms with Crippen LogP contribution in [0.2, 0.25) is 5.02 Å². The van der Waals surface area contributed by atoms with Gasteiger partial charge in [0.2, 0.25) is 5.43 Å². The molecule has 0 bridgehead atoms. The van der Waals surface area contributed by atoms with Gasteiger partial charge in [0.1, 0.15) is 0 Å². The molecule has 1 heterocycles. The van der Waals surface area contributed by atoms with Gasteiger partial charge >= 0.3 is 0 Å². The van der Waals surface area contributed by atoms with Crippen molar-refractivity contribution in [3.8, 4) is 0 Å². The number of nitrogens with one attached hydrogen (secondary N) is 1. The third kappa shape index (κ3) is 3.15. The largest absolute Gasteiger partial charge is 0.320 e. The highest BCUT2D eigenvalue weighted by molar-refractivity contribution is 6.31. The highest BCUT2D eigenvalue weighted by Gasteiger charge is 2.18. The summed E-state index contributed by atoms with van der Waals surface area (Å²) in [6.07, 6.45) is 0. The molecule has 0 saturated carbocycles. The smallest absolute Gasteiger partial charge is 0.280 e. The van der Waals surface area contributed by atoms with Crippen LogP contribution < -0.4 is 10.7 Å². The van der Waals surface area contributed by atoms with Gasteiger partial charge in [-0.3, -0.25) is 14.3 Å². The van der Waals surface area contributed by atoms with Gasteiger partial charge in [-0.05, 0) is 56.2 Å². The first-order chi connectivity index (χ1) is 11.9. The molecular formula is C19H18ClN3O2. The summed E-state index contributed by atoms with van der Waals surface area (Å²) in [6, 6.07) is 10.6. The molecule has 0 aliphatic carbocycles. The van der Waals surface area contributed by atoms with E-state index in [1.807, 2.05) is 32.9 Å². The van der Waals surface area contributed by atoms with Gasteiger partial charge in [0.15, 0.2) is 5.69 Å². The van der Waals surface area contributed by atoms with Crippen molar-refractivity contribution in [1.29, 1.82) is 0 Å². The van der Waals surface area contributed by atoms with Gasteiger partial charge in [-0.25, -0.2) is 0 Å². The predicted molar refractivity (Wildman–Crippen MR) is 101 cm³/mol. The van der Waals surface area contributed by atoms with Crippen LogP contribution in [0, 0.1) is 13.8 Å². The standard InChI is InChI=1S/C19H18ClN3O2/c1-4-23-16-9-8-13(20)10-14(16)18(24)17(22-23)19(25)21-15-7-5-6-11(2)12(15)3/h5-10H,4H2,1-3H3,(H,21,25). The van der Waals surface area contributed by atoms with Crippen LogP contribution in [0.4, 0.5) is 5.69 Å². The second-order valence-electron chi connectivity index (χ2n) is 5.86. The number of amides is 1. The molecule has 1 aromatic heterocycles. The van der Waals surface area contributed by atoms with Crippen molar-refractivity contribution in [2.24, 2.45) is 0 Å². The quantitative estimate of drug-likeness (QED) is 0.774. The van der Waals surface area contributed by atoms with Crippen LogP contribution in [0.1, 0.15) is 28.5 Å². The molecule has 3 aromatic rings. The predicted octanol–water partition coefficient (Wildman–Crippen LogP) is 3.94. The van der Waals surface area contributed by atoms with E-state index in [2.05, 4.69) is 10.4 Å². The Kier molecular flexibility index (Phi) is 4.59. The number of fused-ring (bicyclic) bond motifs is 1. The third-order valence-corrected chi connectivity index (χ3v) is 4.52. The number of aromatic nitrogens is 2. The topological polar surface area (TPSA) is 64.0 Å². The molecule has 1 N–H and O–H groups in total. The number of hydrogen-bond acceptors (Lipinski definition) is 3. The summed E-state index contributed by atoms with van der Waals surface area (Å²) in [4.78, 5) is 25.4. The summed E-state index contributed by atoms with van der Waals surface area (Å²) < 4.78 is 1.63. The summed E-state index contributed by atoms with van der Waals surface area (Å²) >= 11 is 6.02. The number of aryl methyl sites for hydroxylation is 2. The fraction of sp³-hybridized carbons (Fsp3) is 0.211. The van der Waals surface area contributed by atoms with E-state index in [0.717, 1.165) is 11.1 Å². The van der Waals surface area contributed by atoms with Crippen LogP contribution in [0.15, 0.2) is 41.2 Å². The molecule has 2 aromatic carbocycles. The molecule has 25 heavy (non-hydrogen) atoms. The van der Waals surface area contributed by atoms with E-state index in [-0.39, 0.29) is 5.69 Å². The van der Waals surface area contributed by atoms with Crippen molar-refractivity contribution < 1.29 is 4.79 Å². The van der Waals surface area contributed by atoms with E-state index in [1.54, 1.807) is 28.9 Å². The van der Waals surface area contributed by atoms with Crippen molar-refractivity contribution in [2.45, 2.75) is 27.3 Å². The molecule has 0 radical (unpaired) electrons. The van der Waals surface area contributed by atoms with E-state index in [1.165, 1.54) is 0 Å². The Bertz CT molecular complexity index is 1040. The summed E-state index contributed by atoms with van der Waals surface area (Å²) in [5.41, 5.74) is 2.76. The molecule has 3 rings (SSSR count). The lowest BCUT2D eigenvalue weighted by molar-refractivity contribution is 0.101. The first-order valence-corrected chi connectivity index (χ1v) is 8.38. The van der Waals surface area contributed by atoms with Crippen LogP contribution in [0.5, 0.6) is 0 Å². The Balaban J connectivity index is 2.11. The molecule has 0 fully saturated rings. The molecular weight excluding hydrogens is 338 g/mol. The van der Waals surface area contributed by atoms with Gasteiger partial charge in [-0.1, -0.05) is 23.7 Å². The van der Waals surface area contributed by atoms with E-state index in [4.69, 9.17) is 11.6 Å². The van der Waals surface area contributed by atoms with Gasteiger partial charge < -0.3 is 5.32 Å². The maximum Gasteiger partial charge on any atom is 0.280 e. The maximum absolute atomic E-state index is 12.7. The minimum absolute atomic E-state index is 0.141. The molecule has 5 nitrogen and oxygen atoms in total. The van der Waals surface area contributed by atoms with Gasteiger partial charge in [0.25, 0.3) is 5.91 Å². The highest BCUT2D eigenvalue weighted by atomic mass is 35.5. The number of carbonyl (C=O) groups excluding carboxylic acids is 1. The molecule has 0 atom stereocenters. The van der Waals surface area contributed by atoms with Crippen LogP contribution in [-0.2, 0) is 6.54 Å². The number of halogens is 1. The van der Waals surface area contributed by atoms with Crippen molar-refractivity contribution in [1.82, 2.24) is 9.78 Å². The average molecular weight is 356 g/mol. The Morgan fingerprint density at radius 3 is 2.72 bits per heavy atom. The molecule has 0 aliphatic rings. The summed E-state index contributed by atoms with van der Waals surface area (Å²) in [6.45, 7) is 6.31. The van der Waals surface area contributed by atoms with Gasteiger partial charge in [0.05, 0.1) is 10.9 Å². The minimum Gasteiger partial charge on any atom is -0.320 e. The Hall–Kier alpha value is -2.66. The minimum atomic E-state index is -0.525. The average Bonchev–Trinajstić information content (AvgIpc) is 2.59. The van der Waals surface area contributed by atoms with Gasteiger partial charge in [-0.2, -0.15) is 5.10 Å². The molecule has 0 aliphatic heterocycles. The second-order valence-corrected chi connectivity index (χ2v) is 6.29. The number of rotatable bonds is 3. The van der Waals surface area contributed by atoms with Gasteiger partial charge in [-0.15, -0.1) is 0 Å². The lowest BCUT2D eigenvalue weighted by Gasteiger charge is -2.12. The number of hydrogen-bond donors (Lipinski definition) is 1. The Morgan fingerprint density at radius 1 is 1.24 bits per heavy atom. The van der Waals surface area contributed by atoms with Crippen LogP contribution in [0.3, 0.4) is 0 Å². The van der Waals surface area contributed by atoms with Crippen molar-refractivity contribution in [2.75, 3.05) is 5.32 Å². The normalized spacial score (nSPS) is 10.9. The fourth-order valence-corrected chi connectivity index (χ4v) is 2.89. The lowest BCUT2D eigenvalue weighted by Crippen LogP contribution is -2.27. The van der Waals surface area contributed by atoms with Crippen LogP contribution >= 0.6 is 11.6 Å². The molecule has 0 saturated heterocycles. The SMILES string of the molecule is CCn1nc(C(=O)Nc2cccc(C)c2C)c(=O)c2cc(Cl)ccc21. The second kappa shape index (κ2) is 6.69. The Morgan fingerprint density at radius 2 is 2.00 bits per heavy atom. The third-order valence-electron chi connectivity index (χ3n) is 4.28. The first kappa shape index (κ1) is 17.2. The molecule has 0 unspecified atom stereocenters. The van der Waals surface area contributed by atoms with E-state index in [9.17, 15) is 9.59 Å². The molecule has 128 valence electrons. The molecule has 1 amide bonds.